The van der Waals surface area contributed by atoms with Gasteiger partial charge in [-0.2, -0.15) is 0 Å². The number of aromatic nitrogens is 1. The van der Waals surface area contributed by atoms with Crippen molar-refractivity contribution in [3.05, 3.63) is 119 Å². The Kier molecular flexibility index (Phi) is 8.45. The van der Waals surface area contributed by atoms with Crippen LogP contribution in [0, 0.1) is 0 Å². The molecular weight excluding hydrogens is 574 g/mol. The van der Waals surface area contributed by atoms with E-state index in [4.69, 9.17) is 0 Å². The molecule has 1 aromatic heterocycles. The monoisotopic (exact) mass is 615 g/mol. The molecule has 236 valence electrons. The van der Waals surface area contributed by atoms with E-state index in [0.29, 0.717) is 37.2 Å². The number of aromatic hydroxyl groups is 1. The van der Waals surface area contributed by atoms with Gasteiger partial charge < -0.3 is 10.0 Å². The Balaban J connectivity index is 1.02. The molecule has 2 fully saturated rings. The van der Waals surface area contributed by atoms with Gasteiger partial charge in [-0.15, -0.1) is 0 Å². The number of urea groups is 1. The zero-order valence-corrected chi connectivity index (χ0v) is 26.3. The SMILES string of the molecule is CN(Cc1ccncc1N1CCC(=O)NC1=O)C1CCN(c2ccc(C3c4ccc(O)cc4CCC3c3ccccc3)cc2)CC1. The largest absolute Gasteiger partial charge is 0.508 e. The first kappa shape index (κ1) is 30.0. The lowest BCUT2D eigenvalue weighted by Gasteiger charge is -2.39. The van der Waals surface area contributed by atoms with Crippen LogP contribution in [0.4, 0.5) is 16.2 Å². The van der Waals surface area contributed by atoms with Gasteiger partial charge in [-0.25, -0.2) is 4.79 Å². The number of hydrogen-bond donors (Lipinski definition) is 2. The van der Waals surface area contributed by atoms with Crippen molar-refractivity contribution in [3.8, 4) is 5.75 Å². The first-order chi connectivity index (χ1) is 22.4. The Morgan fingerprint density at radius 2 is 1.67 bits per heavy atom. The van der Waals surface area contributed by atoms with Crippen molar-refractivity contribution in [1.29, 1.82) is 0 Å². The van der Waals surface area contributed by atoms with E-state index < -0.39 is 0 Å². The summed E-state index contributed by atoms with van der Waals surface area (Å²) in [5.41, 5.74) is 8.32. The highest BCUT2D eigenvalue weighted by Crippen LogP contribution is 2.47. The van der Waals surface area contributed by atoms with E-state index in [2.05, 4.69) is 87.8 Å². The van der Waals surface area contributed by atoms with Crippen molar-refractivity contribution in [1.82, 2.24) is 15.2 Å². The van der Waals surface area contributed by atoms with Crippen LogP contribution in [0.15, 0.2) is 91.3 Å². The van der Waals surface area contributed by atoms with Crippen molar-refractivity contribution in [2.75, 3.05) is 36.5 Å². The van der Waals surface area contributed by atoms with Gasteiger partial charge in [0, 0.05) is 56.4 Å². The van der Waals surface area contributed by atoms with E-state index in [9.17, 15) is 14.7 Å². The third-order valence-corrected chi connectivity index (χ3v) is 10.2. The Morgan fingerprint density at radius 3 is 2.43 bits per heavy atom. The number of aryl methyl sites for hydroxylation is 1. The number of imide groups is 1. The summed E-state index contributed by atoms with van der Waals surface area (Å²) in [4.78, 5) is 34.9. The van der Waals surface area contributed by atoms with Crippen LogP contribution in [0.3, 0.4) is 0 Å². The van der Waals surface area contributed by atoms with Gasteiger partial charge in [0.15, 0.2) is 0 Å². The standard InChI is InChI=1S/C38H41N5O3/c1-41(25-29-15-19-39-24-35(29)43-22-18-36(45)40-38(43)46)30-16-20-42(21-17-30)31-10-7-27(8-11-31)37-33(26-5-3-2-4-6-26)13-9-28-23-32(44)12-14-34(28)37/h2-8,10-12,14-15,19,23-24,30,33,37,44H,9,13,16-18,20-22,25H2,1H3,(H,40,45,46). The summed E-state index contributed by atoms with van der Waals surface area (Å²) in [5, 5.41) is 12.6. The normalized spacial score (nSPS) is 20.5. The maximum absolute atomic E-state index is 12.5. The number of nitrogens with zero attached hydrogens (tertiary/aromatic N) is 4. The van der Waals surface area contributed by atoms with E-state index in [-0.39, 0.29) is 17.9 Å². The zero-order valence-electron chi connectivity index (χ0n) is 26.3. The fourth-order valence-electron chi connectivity index (χ4n) is 7.72. The molecule has 2 aliphatic heterocycles. The summed E-state index contributed by atoms with van der Waals surface area (Å²) < 4.78 is 0. The van der Waals surface area contributed by atoms with E-state index in [1.807, 2.05) is 18.2 Å². The number of phenolic OH excluding ortho intramolecular Hbond substituents is 1. The molecule has 46 heavy (non-hydrogen) atoms. The lowest BCUT2D eigenvalue weighted by molar-refractivity contribution is -0.120. The molecule has 4 aromatic rings. The molecule has 0 radical (unpaired) electrons. The van der Waals surface area contributed by atoms with Gasteiger partial charge in [-0.05, 0) is 96.8 Å². The molecule has 7 rings (SSSR count). The van der Waals surface area contributed by atoms with Gasteiger partial charge in [0.25, 0.3) is 0 Å². The maximum Gasteiger partial charge on any atom is 0.328 e. The predicted molar refractivity (Wildman–Crippen MR) is 180 cm³/mol. The molecule has 2 saturated heterocycles. The van der Waals surface area contributed by atoms with Crippen LogP contribution in [0.2, 0.25) is 0 Å². The van der Waals surface area contributed by atoms with Gasteiger partial charge in [0.1, 0.15) is 5.75 Å². The number of carbonyl (C=O) groups excluding carboxylic acids is 2. The zero-order chi connectivity index (χ0) is 31.6. The highest BCUT2D eigenvalue weighted by Gasteiger charge is 2.33. The summed E-state index contributed by atoms with van der Waals surface area (Å²) in [6, 6.07) is 28.0. The van der Waals surface area contributed by atoms with Crippen molar-refractivity contribution >= 4 is 23.3 Å². The third kappa shape index (κ3) is 6.09. The number of amides is 3. The minimum Gasteiger partial charge on any atom is -0.508 e. The molecule has 3 heterocycles. The Labute approximate surface area is 270 Å². The fourth-order valence-corrected chi connectivity index (χ4v) is 7.72. The second-order valence-electron chi connectivity index (χ2n) is 12.9. The van der Waals surface area contributed by atoms with Crippen LogP contribution in [0.1, 0.15) is 65.3 Å². The molecule has 1 aliphatic carbocycles. The predicted octanol–water partition coefficient (Wildman–Crippen LogP) is 6.20. The number of phenols is 1. The van der Waals surface area contributed by atoms with Crippen LogP contribution >= 0.6 is 0 Å². The lowest BCUT2D eigenvalue weighted by Crippen LogP contribution is -2.50. The highest BCUT2D eigenvalue weighted by atomic mass is 16.3. The van der Waals surface area contributed by atoms with Gasteiger partial charge in [0.2, 0.25) is 5.91 Å². The molecule has 2 atom stereocenters. The molecule has 0 bridgehead atoms. The minimum absolute atomic E-state index is 0.234. The van der Waals surface area contributed by atoms with Crippen molar-refractivity contribution in [3.63, 3.8) is 0 Å². The molecule has 0 spiro atoms. The van der Waals surface area contributed by atoms with Crippen LogP contribution in [0.25, 0.3) is 0 Å². The summed E-state index contributed by atoms with van der Waals surface area (Å²) in [6.07, 6.45) is 7.91. The Morgan fingerprint density at radius 1 is 0.891 bits per heavy atom. The summed E-state index contributed by atoms with van der Waals surface area (Å²) in [6.45, 7) is 3.03. The average molecular weight is 616 g/mol. The molecule has 8 heteroatoms. The second-order valence-corrected chi connectivity index (χ2v) is 12.9. The molecule has 0 saturated carbocycles. The maximum atomic E-state index is 12.5. The Bertz CT molecular complexity index is 1700. The second kappa shape index (κ2) is 13.0. The topological polar surface area (TPSA) is 89.0 Å². The van der Waals surface area contributed by atoms with Gasteiger partial charge >= 0.3 is 6.03 Å². The van der Waals surface area contributed by atoms with Crippen LogP contribution in [0.5, 0.6) is 5.75 Å². The molecule has 2 N–H and O–H groups in total. The van der Waals surface area contributed by atoms with Gasteiger partial charge in [-0.1, -0.05) is 48.5 Å². The quantitative estimate of drug-likeness (QED) is 0.258. The van der Waals surface area contributed by atoms with Gasteiger partial charge in [-0.3, -0.25) is 24.9 Å². The van der Waals surface area contributed by atoms with Gasteiger partial charge in [0.05, 0.1) is 11.9 Å². The number of anilines is 2. The number of fused-ring (bicyclic) bond motifs is 1. The van der Waals surface area contributed by atoms with E-state index in [1.54, 1.807) is 17.3 Å². The van der Waals surface area contributed by atoms with Crippen molar-refractivity contribution in [2.45, 2.75) is 56.5 Å². The number of hydrogen-bond acceptors (Lipinski definition) is 6. The van der Waals surface area contributed by atoms with E-state index in [0.717, 1.165) is 50.0 Å². The smallest absolute Gasteiger partial charge is 0.328 e. The highest BCUT2D eigenvalue weighted by molar-refractivity contribution is 6.05. The summed E-state index contributed by atoms with van der Waals surface area (Å²) >= 11 is 0. The molecule has 3 amide bonds. The Hall–Kier alpha value is -4.69. The molecule has 8 nitrogen and oxygen atoms in total. The number of carbonyl (C=O) groups is 2. The minimum atomic E-state index is -0.380. The summed E-state index contributed by atoms with van der Waals surface area (Å²) in [5.74, 6) is 0.744. The molecule has 2 unspecified atom stereocenters. The third-order valence-electron chi connectivity index (χ3n) is 10.2. The molecular formula is C38H41N5O3. The first-order valence-electron chi connectivity index (χ1n) is 16.4. The van der Waals surface area contributed by atoms with Crippen molar-refractivity contribution in [2.24, 2.45) is 0 Å². The first-order valence-corrected chi connectivity index (χ1v) is 16.4. The van der Waals surface area contributed by atoms with Crippen LogP contribution < -0.4 is 15.1 Å². The summed E-state index contributed by atoms with van der Waals surface area (Å²) in [7, 11) is 2.16. The number of rotatable bonds is 7. The van der Waals surface area contributed by atoms with Crippen LogP contribution in [-0.4, -0.2) is 59.7 Å². The number of benzene rings is 3. The molecule has 3 aromatic carbocycles. The number of piperidine rings is 1. The fraction of sp³-hybridized carbons (Fsp3) is 0.342. The van der Waals surface area contributed by atoms with Crippen LogP contribution in [-0.2, 0) is 17.8 Å². The van der Waals surface area contributed by atoms with E-state index >= 15 is 0 Å². The number of pyridine rings is 1. The lowest BCUT2D eigenvalue weighted by atomic mass is 9.69. The number of nitrogens with one attached hydrogen (secondary N) is 1. The average Bonchev–Trinajstić information content (AvgIpc) is 3.09. The van der Waals surface area contributed by atoms with E-state index in [1.165, 1.54) is 27.9 Å². The molecule has 3 aliphatic rings. The van der Waals surface area contributed by atoms with Crippen molar-refractivity contribution < 1.29 is 14.7 Å².